The topological polar surface area (TPSA) is 95.2 Å². The fourth-order valence-corrected chi connectivity index (χ4v) is 4.42. The van der Waals surface area contributed by atoms with E-state index in [1.165, 1.54) is 4.31 Å². The lowest BCUT2D eigenvalue weighted by Gasteiger charge is -2.31. The number of sulfonamides is 1. The Morgan fingerprint density at radius 2 is 2.00 bits per heavy atom. The Labute approximate surface area is 125 Å². The van der Waals surface area contributed by atoms with E-state index in [4.69, 9.17) is 0 Å². The third kappa shape index (κ3) is 3.26. The smallest absolute Gasteiger partial charge is 0.246 e. The van der Waals surface area contributed by atoms with Crippen molar-refractivity contribution in [3.05, 3.63) is 11.4 Å². The van der Waals surface area contributed by atoms with Crippen molar-refractivity contribution in [2.75, 3.05) is 13.1 Å². The van der Waals surface area contributed by atoms with Gasteiger partial charge in [0, 0.05) is 25.6 Å². The standard InChI is InChI=1S/C13H22N4O3S/c1-4-12(18)14-11-5-7-17(8-6-11)21(19,20)13-9(2)15-16-10(13)3/h11H,4-8H2,1-3H3,(H,14,18)(H,15,16). The van der Waals surface area contributed by atoms with Crippen LogP contribution in [0.4, 0.5) is 0 Å². The van der Waals surface area contributed by atoms with Crippen LogP contribution in [0.25, 0.3) is 0 Å². The summed E-state index contributed by atoms with van der Waals surface area (Å²) in [5.41, 5.74) is 1.06. The number of carbonyl (C=O) groups is 1. The van der Waals surface area contributed by atoms with E-state index in [2.05, 4.69) is 15.5 Å². The lowest BCUT2D eigenvalue weighted by Crippen LogP contribution is -2.46. The lowest BCUT2D eigenvalue weighted by atomic mass is 10.1. The minimum Gasteiger partial charge on any atom is -0.353 e. The number of aromatic amines is 1. The minimum atomic E-state index is -3.51. The zero-order valence-corrected chi connectivity index (χ0v) is 13.5. The number of rotatable bonds is 4. The largest absolute Gasteiger partial charge is 0.353 e. The van der Waals surface area contributed by atoms with Crippen molar-refractivity contribution in [2.45, 2.75) is 51.0 Å². The Hall–Kier alpha value is -1.41. The quantitative estimate of drug-likeness (QED) is 0.855. The van der Waals surface area contributed by atoms with E-state index in [1.54, 1.807) is 20.8 Å². The van der Waals surface area contributed by atoms with Crippen LogP contribution in [0.2, 0.25) is 0 Å². The van der Waals surface area contributed by atoms with E-state index in [1.807, 2.05) is 0 Å². The molecule has 21 heavy (non-hydrogen) atoms. The molecular formula is C13H22N4O3S. The summed E-state index contributed by atoms with van der Waals surface area (Å²) in [5, 5.41) is 9.59. The van der Waals surface area contributed by atoms with Crippen LogP contribution in [0.3, 0.4) is 0 Å². The molecule has 1 amide bonds. The van der Waals surface area contributed by atoms with Gasteiger partial charge in [-0.05, 0) is 26.7 Å². The van der Waals surface area contributed by atoms with E-state index < -0.39 is 10.0 Å². The van der Waals surface area contributed by atoms with E-state index >= 15 is 0 Å². The molecule has 118 valence electrons. The van der Waals surface area contributed by atoms with Crippen LogP contribution in [0, 0.1) is 13.8 Å². The Kier molecular flexibility index (Phi) is 4.67. The van der Waals surface area contributed by atoms with E-state index in [9.17, 15) is 13.2 Å². The molecule has 2 heterocycles. The highest BCUT2D eigenvalue weighted by molar-refractivity contribution is 7.89. The number of hydrogen-bond acceptors (Lipinski definition) is 4. The molecule has 1 fully saturated rings. The normalized spacial score (nSPS) is 17.9. The van der Waals surface area contributed by atoms with Crippen LogP contribution < -0.4 is 5.32 Å². The van der Waals surface area contributed by atoms with Gasteiger partial charge in [-0.2, -0.15) is 9.40 Å². The zero-order chi connectivity index (χ0) is 15.6. The number of carbonyl (C=O) groups excluding carboxylic acids is 1. The fourth-order valence-electron chi connectivity index (χ4n) is 2.62. The van der Waals surface area contributed by atoms with Crippen molar-refractivity contribution in [1.82, 2.24) is 19.8 Å². The second-order valence-corrected chi connectivity index (χ2v) is 7.24. The van der Waals surface area contributed by atoms with Crippen LogP contribution in [0.15, 0.2) is 4.90 Å². The molecule has 2 N–H and O–H groups in total. The average Bonchev–Trinajstić information content (AvgIpc) is 2.79. The Bertz CT molecular complexity index is 596. The molecule has 0 unspecified atom stereocenters. The molecule has 0 bridgehead atoms. The Balaban J connectivity index is 2.07. The van der Waals surface area contributed by atoms with Gasteiger partial charge < -0.3 is 5.32 Å². The maximum atomic E-state index is 12.7. The number of hydrogen-bond donors (Lipinski definition) is 2. The van der Waals surface area contributed by atoms with Crippen LogP contribution in [-0.2, 0) is 14.8 Å². The van der Waals surface area contributed by atoms with Crippen LogP contribution >= 0.6 is 0 Å². The third-order valence-electron chi connectivity index (χ3n) is 3.80. The first-order chi connectivity index (χ1) is 9.86. The van der Waals surface area contributed by atoms with Crippen molar-refractivity contribution < 1.29 is 13.2 Å². The van der Waals surface area contributed by atoms with Crippen molar-refractivity contribution in [3.8, 4) is 0 Å². The molecule has 8 heteroatoms. The van der Waals surface area contributed by atoms with Gasteiger partial charge in [0.25, 0.3) is 0 Å². The monoisotopic (exact) mass is 314 g/mol. The first kappa shape index (κ1) is 16.0. The van der Waals surface area contributed by atoms with E-state index in [-0.39, 0.29) is 16.8 Å². The first-order valence-electron chi connectivity index (χ1n) is 7.17. The molecule has 1 aromatic heterocycles. The number of amides is 1. The van der Waals surface area contributed by atoms with Gasteiger partial charge in [0.1, 0.15) is 4.90 Å². The molecule has 7 nitrogen and oxygen atoms in total. The Morgan fingerprint density at radius 3 is 2.48 bits per heavy atom. The lowest BCUT2D eigenvalue weighted by molar-refractivity contribution is -0.121. The molecular weight excluding hydrogens is 292 g/mol. The SMILES string of the molecule is CCC(=O)NC1CCN(S(=O)(=O)c2c(C)n[nH]c2C)CC1. The second-order valence-electron chi connectivity index (χ2n) is 5.36. The van der Waals surface area contributed by atoms with Gasteiger partial charge in [0.05, 0.1) is 11.4 Å². The molecule has 0 aromatic carbocycles. The summed E-state index contributed by atoms with van der Waals surface area (Å²) in [5.74, 6) is 0.0119. The predicted octanol–water partition coefficient (Wildman–Crippen LogP) is 0.706. The highest BCUT2D eigenvalue weighted by atomic mass is 32.2. The maximum absolute atomic E-state index is 12.7. The summed E-state index contributed by atoms with van der Waals surface area (Å²) < 4.78 is 26.8. The van der Waals surface area contributed by atoms with Gasteiger partial charge in [-0.25, -0.2) is 8.42 Å². The summed E-state index contributed by atoms with van der Waals surface area (Å²) in [6, 6.07) is 0.0652. The van der Waals surface area contributed by atoms with Crippen molar-refractivity contribution in [1.29, 1.82) is 0 Å². The maximum Gasteiger partial charge on any atom is 0.246 e. The second kappa shape index (κ2) is 6.15. The number of nitrogens with one attached hydrogen (secondary N) is 2. The van der Waals surface area contributed by atoms with Crippen molar-refractivity contribution in [3.63, 3.8) is 0 Å². The average molecular weight is 314 g/mol. The van der Waals surface area contributed by atoms with Gasteiger partial charge in [0.15, 0.2) is 0 Å². The van der Waals surface area contributed by atoms with Crippen LogP contribution in [0.5, 0.6) is 0 Å². The summed E-state index contributed by atoms with van der Waals surface area (Å²) in [4.78, 5) is 11.7. The third-order valence-corrected chi connectivity index (χ3v) is 5.96. The van der Waals surface area contributed by atoms with E-state index in [0.717, 1.165) is 0 Å². The number of aryl methyl sites for hydroxylation is 2. The minimum absolute atomic E-state index is 0.0119. The fraction of sp³-hybridized carbons (Fsp3) is 0.692. The summed E-state index contributed by atoms with van der Waals surface area (Å²) in [6.07, 6.45) is 1.73. The molecule has 0 spiro atoms. The first-order valence-corrected chi connectivity index (χ1v) is 8.61. The van der Waals surface area contributed by atoms with Gasteiger partial charge in [0.2, 0.25) is 15.9 Å². The van der Waals surface area contributed by atoms with Gasteiger partial charge in [-0.15, -0.1) is 0 Å². The molecule has 0 radical (unpaired) electrons. The number of aromatic nitrogens is 2. The number of nitrogens with zero attached hydrogens (tertiary/aromatic N) is 2. The zero-order valence-electron chi connectivity index (χ0n) is 12.6. The predicted molar refractivity (Wildman–Crippen MR) is 78.3 cm³/mol. The summed E-state index contributed by atoms with van der Waals surface area (Å²) >= 11 is 0. The molecule has 0 atom stereocenters. The molecule has 0 saturated carbocycles. The summed E-state index contributed by atoms with van der Waals surface area (Å²) in [6.45, 7) is 6.03. The number of H-pyrrole nitrogens is 1. The molecule has 1 aliphatic rings. The highest BCUT2D eigenvalue weighted by Gasteiger charge is 2.32. The van der Waals surface area contributed by atoms with Gasteiger partial charge in [-0.3, -0.25) is 9.89 Å². The molecule has 0 aliphatic carbocycles. The van der Waals surface area contributed by atoms with Gasteiger partial charge >= 0.3 is 0 Å². The van der Waals surface area contributed by atoms with Crippen LogP contribution in [0.1, 0.15) is 37.6 Å². The Morgan fingerprint density at radius 1 is 1.38 bits per heavy atom. The highest BCUT2D eigenvalue weighted by Crippen LogP contribution is 2.24. The molecule has 1 aliphatic heterocycles. The van der Waals surface area contributed by atoms with Gasteiger partial charge in [-0.1, -0.05) is 6.92 Å². The summed E-state index contributed by atoms with van der Waals surface area (Å²) in [7, 11) is -3.51. The van der Waals surface area contributed by atoms with Crippen LogP contribution in [-0.4, -0.2) is 48.0 Å². The van der Waals surface area contributed by atoms with Crippen molar-refractivity contribution >= 4 is 15.9 Å². The molecule has 1 aromatic rings. The van der Waals surface area contributed by atoms with E-state index in [0.29, 0.717) is 43.7 Å². The number of piperidine rings is 1. The molecule has 1 saturated heterocycles. The van der Waals surface area contributed by atoms with Crippen molar-refractivity contribution in [2.24, 2.45) is 0 Å². The molecule has 2 rings (SSSR count).